The summed E-state index contributed by atoms with van der Waals surface area (Å²) >= 11 is 0. The van der Waals surface area contributed by atoms with E-state index in [2.05, 4.69) is 5.10 Å². The third kappa shape index (κ3) is 6.66. The summed E-state index contributed by atoms with van der Waals surface area (Å²) in [5.41, 5.74) is 0.00560. The maximum absolute atomic E-state index is 12.4. The van der Waals surface area contributed by atoms with Crippen LogP contribution in [-0.4, -0.2) is 53.6 Å². The van der Waals surface area contributed by atoms with Crippen molar-refractivity contribution < 1.29 is 22.1 Å². The molecule has 1 unspecified atom stereocenters. The lowest BCUT2D eigenvalue weighted by Crippen LogP contribution is -2.47. The minimum Gasteiger partial charge on any atom is -0.444 e. The molecule has 1 aromatic heterocycles. The van der Waals surface area contributed by atoms with Crippen molar-refractivity contribution in [2.24, 2.45) is 0 Å². The molecule has 0 radical (unpaired) electrons. The number of carbonyl (C=O) groups excluding carboxylic acids is 1. The van der Waals surface area contributed by atoms with Gasteiger partial charge in [0.25, 0.3) is 10.1 Å². The Morgan fingerprint density at radius 1 is 1.36 bits per heavy atom. The first-order chi connectivity index (χ1) is 11.5. The van der Waals surface area contributed by atoms with Crippen molar-refractivity contribution in [2.75, 3.05) is 12.8 Å². The number of carbonyl (C=O) groups is 1. The summed E-state index contributed by atoms with van der Waals surface area (Å²) in [5, 5.41) is 4.32. The van der Waals surface area contributed by atoms with E-state index >= 15 is 0 Å². The van der Waals surface area contributed by atoms with Crippen LogP contribution in [0.5, 0.6) is 0 Å². The van der Waals surface area contributed by atoms with Gasteiger partial charge in [-0.2, -0.15) is 13.5 Å². The van der Waals surface area contributed by atoms with Crippen molar-refractivity contribution in [3.8, 4) is 0 Å². The Labute approximate surface area is 149 Å². The average Bonchev–Trinajstić information content (AvgIpc) is 2.91. The molecule has 0 spiro atoms. The van der Waals surface area contributed by atoms with Crippen molar-refractivity contribution in [1.82, 2.24) is 14.7 Å². The Bertz CT molecular complexity index is 693. The van der Waals surface area contributed by atoms with Crippen molar-refractivity contribution in [1.29, 1.82) is 0 Å². The lowest BCUT2D eigenvalue weighted by Gasteiger charge is -2.36. The molecule has 142 valence electrons. The van der Waals surface area contributed by atoms with Crippen molar-refractivity contribution in [2.45, 2.75) is 64.8 Å². The highest BCUT2D eigenvalue weighted by atomic mass is 32.2. The fourth-order valence-corrected chi connectivity index (χ4v) is 3.05. The molecule has 1 aliphatic heterocycles. The molecule has 2 rings (SSSR count). The zero-order valence-corrected chi connectivity index (χ0v) is 16.1. The van der Waals surface area contributed by atoms with Crippen molar-refractivity contribution in [3.05, 3.63) is 18.0 Å². The molecule has 1 saturated heterocycles. The molecule has 25 heavy (non-hydrogen) atoms. The number of likely N-dealkylation sites (tertiary alicyclic amines) is 1. The molecule has 9 heteroatoms. The first-order valence-corrected chi connectivity index (χ1v) is 10.2. The van der Waals surface area contributed by atoms with Gasteiger partial charge in [-0.15, -0.1) is 0 Å². The van der Waals surface area contributed by atoms with Crippen LogP contribution in [0.1, 0.15) is 45.7 Å². The molecule has 2 heterocycles. The Hall–Kier alpha value is -1.61. The van der Waals surface area contributed by atoms with Crippen LogP contribution in [0.2, 0.25) is 0 Å². The monoisotopic (exact) mass is 373 g/mol. The molecule has 0 aliphatic carbocycles. The maximum atomic E-state index is 12.4. The molecule has 0 N–H and O–H groups in total. The third-order valence-corrected chi connectivity index (χ3v) is 4.32. The Balaban J connectivity index is 1.99. The van der Waals surface area contributed by atoms with Gasteiger partial charge >= 0.3 is 6.09 Å². The minimum absolute atomic E-state index is 0.00664. The zero-order valence-electron chi connectivity index (χ0n) is 15.3. The van der Waals surface area contributed by atoms with Crippen LogP contribution in [0.4, 0.5) is 4.79 Å². The smallest absolute Gasteiger partial charge is 0.410 e. The number of hydrogen-bond acceptors (Lipinski definition) is 6. The SMILES string of the molecule is CC(C)(C)OC(=O)N1CCCCC1Cn1ccc(COS(C)(=O)=O)n1. The van der Waals surface area contributed by atoms with E-state index in [-0.39, 0.29) is 18.7 Å². The number of hydrogen-bond donors (Lipinski definition) is 0. The van der Waals surface area contributed by atoms with E-state index < -0.39 is 15.7 Å². The summed E-state index contributed by atoms with van der Waals surface area (Å²) < 4.78 is 34.0. The van der Waals surface area contributed by atoms with Gasteiger partial charge in [0.1, 0.15) is 12.2 Å². The van der Waals surface area contributed by atoms with E-state index in [9.17, 15) is 13.2 Å². The highest BCUT2D eigenvalue weighted by Gasteiger charge is 2.30. The molecule has 1 atom stereocenters. The fourth-order valence-electron chi connectivity index (χ4n) is 2.72. The predicted molar refractivity (Wildman–Crippen MR) is 92.4 cm³/mol. The summed E-state index contributed by atoms with van der Waals surface area (Å²) in [4.78, 5) is 14.2. The van der Waals surface area contributed by atoms with E-state index in [1.165, 1.54) is 0 Å². The number of amides is 1. The van der Waals surface area contributed by atoms with Crippen molar-refractivity contribution >= 4 is 16.2 Å². The molecule has 8 nitrogen and oxygen atoms in total. The second-order valence-electron chi connectivity index (χ2n) is 7.32. The first kappa shape index (κ1) is 19.7. The molecule has 1 fully saturated rings. The van der Waals surface area contributed by atoms with Crippen LogP contribution in [0.25, 0.3) is 0 Å². The van der Waals surface area contributed by atoms with Crippen LogP contribution in [0.15, 0.2) is 12.3 Å². The molecule has 1 amide bonds. The normalized spacial score (nSPS) is 19.0. The largest absolute Gasteiger partial charge is 0.444 e. The van der Waals surface area contributed by atoms with Gasteiger partial charge in [-0.3, -0.25) is 8.86 Å². The van der Waals surface area contributed by atoms with E-state index in [1.807, 2.05) is 20.8 Å². The number of rotatable bonds is 5. The Morgan fingerprint density at radius 2 is 2.08 bits per heavy atom. The molecule has 1 aliphatic rings. The van der Waals surface area contributed by atoms with E-state index in [1.54, 1.807) is 21.8 Å². The summed E-state index contributed by atoms with van der Waals surface area (Å²) in [6.07, 6.45) is 5.37. The molecule has 0 saturated carbocycles. The predicted octanol–water partition coefficient (Wildman–Crippen LogP) is 2.15. The van der Waals surface area contributed by atoms with Gasteiger partial charge in [0.2, 0.25) is 0 Å². The van der Waals surface area contributed by atoms with Gasteiger partial charge in [-0.1, -0.05) is 0 Å². The molecule has 0 bridgehead atoms. The van der Waals surface area contributed by atoms with E-state index in [0.29, 0.717) is 18.8 Å². The topological polar surface area (TPSA) is 90.7 Å². The lowest BCUT2D eigenvalue weighted by atomic mass is 10.0. The number of nitrogens with zero attached hydrogens (tertiary/aromatic N) is 3. The molecular weight excluding hydrogens is 346 g/mol. The zero-order chi connectivity index (χ0) is 18.7. The summed E-state index contributed by atoms with van der Waals surface area (Å²) in [6.45, 7) is 6.68. The summed E-state index contributed by atoms with van der Waals surface area (Å²) in [7, 11) is -3.50. The minimum atomic E-state index is -3.50. The molecule has 0 aromatic carbocycles. The quantitative estimate of drug-likeness (QED) is 0.735. The van der Waals surface area contributed by atoms with Crippen LogP contribution >= 0.6 is 0 Å². The highest BCUT2D eigenvalue weighted by molar-refractivity contribution is 7.85. The van der Waals surface area contributed by atoms with Gasteiger partial charge in [-0.25, -0.2) is 4.79 Å². The van der Waals surface area contributed by atoms with Gasteiger partial charge in [0.05, 0.1) is 24.5 Å². The van der Waals surface area contributed by atoms with Gasteiger partial charge in [-0.05, 0) is 46.1 Å². The van der Waals surface area contributed by atoms with Crippen LogP contribution in [-0.2, 0) is 32.2 Å². The van der Waals surface area contributed by atoms with Crippen LogP contribution in [0, 0.1) is 0 Å². The van der Waals surface area contributed by atoms with Gasteiger partial charge < -0.3 is 9.64 Å². The van der Waals surface area contributed by atoms with Crippen LogP contribution in [0.3, 0.4) is 0 Å². The van der Waals surface area contributed by atoms with E-state index in [4.69, 9.17) is 8.92 Å². The standard InChI is InChI=1S/C16H27N3O5S/c1-16(2,3)24-15(20)19-9-6-5-7-14(19)11-18-10-8-13(17-18)12-23-25(4,21)22/h8,10,14H,5-7,9,11-12H2,1-4H3. The first-order valence-electron chi connectivity index (χ1n) is 8.40. The van der Waals surface area contributed by atoms with Crippen molar-refractivity contribution in [3.63, 3.8) is 0 Å². The fraction of sp³-hybridized carbons (Fsp3) is 0.750. The summed E-state index contributed by atoms with van der Waals surface area (Å²) in [6, 6.07) is 1.72. The lowest BCUT2D eigenvalue weighted by molar-refractivity contribution is 0.00737. The Morgan fingerprint density at radius 3 is 2.72 bits per heavy atom. The number of aromatic nitrogens is 2. The number of piperidine rings is 1. The van der Waals surface area contributed by atoms with E-state index in [0.717, 1.165) is 25.5 Å². The summed E-state index contributed by atoms with van der Waals surface area (Å²) in [5.74, 6) is 0. The van der Waals surface area contributed by atoms with Crippen LogP contribution < -0.4 is 0 Å². The molecular formula is C16H27N3O5S. The van der Waals surface area contributed by atoms with Gasteiger partial charge in [0.15, 0.2) is 0 Å². The molecule has 1 aromatic rings. The van der Waals surface area contributed by atoms with Gasteiger partial charge in [0, 0.05) is 12.7 Å². The second kappa shape index (κ2) is 7.74. The third-order valence-electron chi connectivity index (χ3n) is 3.77. The number of ether oxygens (including phenoxy) is 1. The second-order valence-corrected chi connectivity index (χ2v) is 8.96. The maximum Gasteiger partial charge on any atom is 0.410 e. The average molecular weight is 373 g/mol. The highest BCUT2D eigenvalue weighted by Crippen LogP contribution is 2.21. The Kier molecular flexibility index (Phi) is 6.10.